The largest absolute Gasteiger partial charge is 0.360 e. The number of nitrogens with zero attached hydrogens (tertiary/aromatic N) is 5. The molecule has 0 radical (unpaired) electrons. The molecule has 9 heteroatoms. The Balaban J connectivity index is 2.11. The molecule has 0 aromatic carbocycles. The smallest absolute Gasteiger partial charge is 0.239 e. The van der Waals surface area contributed by atoms with Crippen LogP contribution in [0.3, 0.4) is 0 Å². The second-order valence-electron chi connectivity index (χ2n) is 3.25. The highest BCUT2D eigenvalue weighted by molar-refractivity contribution is 5.40. The molecule has 2 heterocycles. The number of hydrazine groups is 1. The van der Waals surface area contributed by atoms with Crippen molar-refractivity contribution in [3.8, 4) is 0 Å². The van der Waals surface area contributed by atoms with Gasteiger partial charge in [0.2, 0.25) is 5.95 Å². The third-order valence-electron chi connectivity index (χ3n) is 2.09. The molecule has 17 heavy (non-hydrogen) atoms. The maximum atomic E-state index is 13.3. The SMILES string of the molecule is Cn1cnnc1CNc1nc(NN)ncc1F. The number of anilines is 2. The molecule has 0 saturated carbocycles. The second kappa shape index (κ2) is 4.70. The van der Waals surface area contributed by atoms with Crippen molar-refractivity contribution in [1.29, 1.82) is 0 Å². The van der Waals surface area contributed by atoms with Crippen LogP contribution in [0.25, 0.3) is 0 Å². The Bertz CT molecular complexity index is 510. The molecule has 0 aliphatic rings. The quantitative estimate of drug-likeness (QED) is 0.493. The van der Waals surface area contributed by atoms with Crippen LogP contribution in [-0.4, -0.2) is 24.7 Å². The summed E-state index contributed by atoms with van der Waals surface area (Å²) in [4.78, 5) is 7.45. The van der Waals surface area contributed by atoms with Gasteiger partial charge >= 0.3 is 0 Å². The molecule has 0 spiro atoms. The Morgan fingerprint density at radius 3 is 3.00 bits per heavy atom. The molecule has 0 unspecified atom stereocenters. The lowest BCUT2D eigenvalue weighted by atomic mass is 10.5. The highest BCUT2D eigenvalue weighted by Gasteiger charge is 2.07. The molecule has 0 amide bonds. The molecule has 90 valence electrons. The van der Waals surface area contributed by atoms with E-state index in [4.69, 9.17) is 5.84 Å². The van der Waals surface area contributed by atoms with Gasteiger partial charge in [-0.2, -0.15) is 4.98 Å². The summed E-state index contributed by atoms with van der Waals surface area (Å²) in [6.07, 6.45) is 2.58. The number of nitrogens with one attached hydrogen (secondary N) is 2. The fraction of sp³-hybridized carbons (Fsp3) is 0.250. The zero-order valence-corrected chi connectivity index (χ0v) is 9.05. The fourth-order valence-corrected chi connectivity index (χ4v) is 1.19. The summed E-state index contributed by atoms with van der Waals surface area (Å²) < 4.78 is 15.1. The van der Waals surface area contributed by atoms with Gasteiger partial charge in [0.05, 0.1) is 12.7 Å². The monoisotopic (exact) mass is 238 g/mol. The van der Waals surface area contributed by atoms with E-state index in [1.165, 1.54) is 0 Å². The first-order valence-electron chi connectivity index (χ1n) is 4.76. The van der Waals surface area contributed by atoms with E-state index in [2.05, 4.69) is 30.9 Å². The molecule has 0 atom stereocenters. The van der Waals surface area contributed by atoms with Crippen LogP contribution in [-0.2, 0) is 13.6 Å². The minimum Gasteiger partial charge on any atom is -0.360 e. The molecule has 0 fully saturated rings. The van der Waals surface area contributed by atoms with Crippen molar-refractivity contribution >= 4 is 11.8 Å². The predicted molar refractivity (Wildman–Crippen MR) is 58.1 cm³/mol. The molecule has 0 saturated heterocycles. The van der Waals surface area contributed by atoms with Gasteiger partial charge < -0.3 is 9.88 Å². The summed E-state index contributed by atoms with van der Waals surface area (Å²) in [6, 6.07) is 0. The maximum absolute atomic E-state index is 13.3. The molecule has 0 bridgehead atoms. The topological polar surface area (TPSA) is 107 Å². The number of hydrogen-bond donors (Lipinski definition) is 3. The van der Waals surface area contributed by atoms with Crippen LogP contribution >= 0.6 is 0 Å². The van der Waals surface area contributed by atoms with Crippen LogP contribution in [0.1, 0.15) is 5.82 Å². The van der Waals surface area contributed by atoms with Crippen molar-refractivity contribution in [3.05, 3.63) is 24.2 Å². The van der Waals surface area contributed by atoms with E-state index in [9.17, 15) is 4.39 Å². The van der Waals surface area contributed by atoms with Crippen molar-refractivity contribution < 1.29 is 4.39 Å². The normalized spacial score (nSPS) is 10.3. The van der Waals surface area contributed by atoms with Gasteiger partial charge in [0.1, 0.15) is 6.33 Å². The van der Waals surface area contributed by atoms with Gasteiger partial charge in [-0.1, -0.05) is 0 Å². The minimum atomic E-state index is -0.564. The lowest BCUT2D eigenvalue weighted by molar-refractivity contribution is 0.616. The Labute approximate surface area is 96.1 Å². The van der Waals surface area contributed by atoms with Crippen LogP contribution in [0, 0.1) is 5.82 Å². The summed E-state index contributed by atoms with van der Waals surface area (Å²) in [5, 5.41) is 10.3. The first kappa shape index (κ1) is 11.2. The van der Waals surface area contributed by atoms with Gasteiger partial charge in [-0.05, 0) is 0 Å². The highest BCUT2D eigenvalue weighted by Crippen LogP contribution is 2.11. The lowest BCUT2D eigenvalue weighted by Crippen LogP contribution is -2.13. The van der Waals surface area contributed by atoms with Gasteiger partial charge in [-0.15, -0.1) is 10.2 Å². The number of aryl methyl sites for hydroxylation is 1. The summed E-state index contributed by atoms with van der Waals surface area (Å²) in [7, 11) is 1.79. The molecular formula is C8H11FN8. The summed E-state index contributed by atoms with van der Waals surface area (Å²) in [5.74, 6) is 5.41. The third-order valence-corrected chi connectivity index (χ3v) is 2.09. The molecule has 0 aliphatic carbocycles. The van der Waals surface area contributed by atoms with E-state index < -0.39 is 5.82 Å². The number of aromatic nitrogens is 5. The zero-order valence-electron chi connectivity index (χ0n) is 9.05. The molecule has 2 aromatic rings. The average Bonchev–Trinajstić information content (AvgIpc) is 2.74. The van der Waals surface area contributed by atoms with E-state index in [-0.39, 0.29) is 11.8 Å². The Morgan fingerprint density at radius 2 is 2.35 bits per heavy atom. The standard InChI is InChI=1S/C8H11FN8/c1-17-4-13-16-6(17)3-11-7-5(9)2-12-8(14-7)15-10/h2,4H,3,10H2,1H3,(H2,11,12,14,15). The van der Waals surface area contributed by atoms with Crippen molar-refractivity contribution in [2.45, 2.75) is 6.54 Å². The molecule has 2 rings (SSSR count). The highest BCUT2D eigenvalue weighted by atomic mass is 19.1. The molecule has 8 nitrogen and oxygen atoms in total. The molecule has 0 aliphatic heterocycles. The molecular weight excluding hydrogens is 227 g/mol. The average molecular weight is 238 g/mol. The van der Waals surface area contributed by atoms with Crippen LogP contribution in [0.5, 0.6) is 0 Å². The predicted octanol–water partition coefficient (Wildman–Crippen LogP) is -0.358. The van der Waals surface area contributed by atoms with Crippen LogP contribution in [0.2, 0.25) is 0 Å². The molecule has 2 aromatic heterocycles. The summed E-state index contributed by atoms with van der Waals surface area (Å²) >= 11 is 0. The molecule has 4 N–H and O–H groups in total. The van der Waals surface area contributed by atoms with Gasteiger partial charge in [0.25, 0.3) is 0 Å². The first-order valence-corrected chi connectivity index (χ1v) is 4.76. The first-order chi connectivity index (χ1) is 8.20. The Hall–Kier alpha value is -2.29. The summed E-state index contributed by atoms with van der Waals surface area (Å²) in [6.45, 7) is 0.300. The maximum Gasteiger partial charge on any atom is 0.239 e. The van der Waals surface area contributed by atoms with Gasteiger partial charge in [-0.3, -0.25) is 5.43 Å². The fourth-order valence-electron chi connectivity index (χ4n) is 1.19. The number of halogens is 1. The third kappa shape index (κ3) is 2.45. The van der Waals surface area contributed by atoms with Gasteiger partial charge in [-0.25, -0.2) is 15.2 Å². The second-order valence-corrected chi connectivity index (χ2v) is 3.25. The van der Waals surface area contributed by atoms with E-state index in [0.717, 1.165) is 6.20 Å². The zero-order chi connectivity index (χ0) is 12.3. The van der Waals surface area contributed by atoms with Crippen LogP contribution in [0.4, 0.5) is 16.2 Å². The van der Waals surface area contributed by atoms with E-state index in [1.54, 1.807) is 17.9 Å². The number of nitrogens with two attached hydrogens (primary N) is 1. The van der Waals surface area contributed by atoms with Crippen LogP contribution < -0.4 is 16.6 Å². The van der Waals surface area contributed by atoms with Crippen molar-refractivity contribution in [1.82, 2.24) is 24.7 Å². The number of nitrogen functional groups attached to an aromatic ring is 1. The van der Waals surface area contributed by atoms with Crippen molar-refractivity contribution in [2.75, 3.05) is 10.7 Å². The van der Waals surface area contributed by atoms with E-state index in [0.29, 0.717) is 12.4 Å². The van der Waals surface area contributed by atoms with Gasteiger partial charge in [0.15, 0.2) is 17.5 Å². The van der Waals surface area contributed by atoms with E-state index >= 15 is 0 Å². The Kier molecular flexibility index (Phi) is 3.10. The van der Waals surface area contributed by atoms with Gasteiger partial charge in [0, 0.05) is 7.05 Å². The van der Waals surface area contributed by atoms with E-state index in [1.807, 2.05) is 0 Å². The number of rotatable bonds is 4. The summed E-state index contributed by atoms with van der Waals surface area (Å²) in [5.41, 5.74) is 2.24. The van der Waals surface area contributed by atoms with Crippen LogP contribution in [0.15, 0.2) is 12.5 Å². The van der Waals surface area contributed by atoms with Crippen molar-refractivity contribution in [2.24, 2.45) is 12.9 Å². The lowest BCUT2D eigenvalue weighted by Gasteiger charge is -2.07. The minimum absolute atomic E-state index is 0.0518. The van der Waals surface area contributed by atoms with Crippen molar-refractivity contribution in [3.63, 3.8) is 0 Å². The number of hydrogen-bond acceptors (Lipinski definition) is 7. The Morgan fingerprint density at radius 1 is 1.53 bits per heavy atom.